The zero-order chi connectivity index (χ0) is 35.1. The second-order valence-corrected chi connectivity index (χ2v) is 13.0. The van der Waals surface area contributed by atoms with Crippen molar-refractivity contribution in [1.29, 1.82) is 0 Å². The lowest BCUT2D eigenvalue weighted by atomic mass is 9.93. The summed E-state index contributed by atoms with van der Waals surface area (Å²) in [5.41, 5.74) is 11.6. The fourth-order valence-electron chi connectivity index (χ4n) is 7.04. The summed E-state index contributed by atoms with van der Waals surface area (Å²) in [6.45, 7) is 0. The van der Waals surface area contributed by atoms with Crippen LogP contribution in [0.5, 0.6) is 0 Å². The first-order valence-electron chi connectivity index (χ1n) is 17.5. The van der Waals surface area contributed by atoms with Crippen molar-refractivity contribution in [3.05, 3.63) is 176 Å². The molecule has 0 fully saturated rings. The van der Waals surface area contributed by atoms with Gasteiger partial charge in [0.25, 0.3) is 0 Å². The molecule has 0 N–H and O–H groups in total. The van der Waals surface area contributed by atoms with E-state index in [4.69, 9.17) is 19.4 Å². The Morgan fingerprint density at radius 2 is 1.00 bits per heavy atom. The van der Waals surface area contributed by atoms with Gasteiger partial charge in [0.2, 0.25) is 0 Å². The van der Waals surface area contributed by atoms with E-state index in [0.717, 1.165) is 82.9 Å². The first-order chi connectivity index (χ1) is 26.2. The quantitative estimate of drug-likeness (QED) is 0.174. The minimum absolute atomic E-state index is 0.568. The summed E-state index contributed by atoms with van der Waals surface area (Å²) in [7, 11) is 0. The van der Waals surface area contributed by atoms with Gasteiger partial charge in [0.05, 0.1) is 5.52 Å². The van der Waals surface area contributed by atoms with E-state index in [0.29, 0.717) is 17.5 Å². The molecule has 0 radical (unpaired) electrons. The molecule has 0 saturated heterocycles. The van der Waals surface area contributed by atoms with Crippen LogP contribution < -0.4 is 0 Å². The summed E-state index contributed by atoms with van der Waals surface area (Å²) in [5, 5.41) is 3.21. The van der Waals surface area contributed by atoms with Gasteiger partial charge >= 0.3 is 0 Å². The molecule has 248 valence electrons. The Labute approximate surface area is 305 Å². The fraction of sp³-hybridized carbons (Fsp3) is 0. The summed E-state index contributed by atoms with van der Waals surface area (Å²) in [6.07, 6.45) is 5.51. The molecule has 0 aliphatic carbocycles. The molecule has 0 spiro atoms. The van der Waals surface area contributed by atoms with Gasteiger partial charge < -0.3 is 4.42 Å². The first-order valence-corrected chi connectivity index (χ1v) is 17.5. The second kappa shape index (κ2) is 12.8. The van der Waals surface area contributed by atoms with E-state index in [2.05, 4.69) is 94.9 Å². The maximum absolute atomic E-state index is 6.27. The molecule has 53 heavy (non-hydrogen) atoms. The van der Waals surface area contributed by atoms with E-state index >= 15 is 0 Å². The molecule has 10 aromatic rings. The zero-order valence-electron chi connectivity index (χ0n) is 28.4. The lowest BCUT2D eigenvalue weighted by molar-refractivity contribution is 0.669. The minimum atomic E-state index is 0.568. The van der Waals surface area contributed by atoms with Crippen LogP contribution in [0, 0.1) is 0 Å². The second-order valence-electron chi connectivity index (χ2n) is 13.0. The molecule has 0 bridgehead atoms. The molecular formula is C47H29N5O. The van der Waals surface area contributed by atoms with Crippen LogP contribution in [-0.2, 0) is 0 Å². The van der Waals surface area contributed by atoms with E-state index in [1.54, 1.807) is 6.20 Å². The minimum Gasteiger partial charge on any atom is -0.456 e. The number of rotatable bonds is 6. The lowest BCUT2D eigenvalue weighted by Crippen LogP contribution is -2.00. The van der Waals surface area contributed by atoms with Crippen molar-refractivity contribution < 1.29 is 4.42 Å². The summed E-state index contributed by atoms with van der Waals surface area (Å²) in [4.78, 5) is 24.3. The van der Waals surface area contributed by atoms with Crippen LogP contribution in [-0.4, -0.2) is 24.9 Å². The van der Waals surface area contributed by atoms with Gasteiger partial charge in [-0.3, -0.25) is 9.97 Å². The van der Waals surface area contributed by atoms with E-state index in [1.807, 2.05) is 85.2 Å². The van der Waals surface area contributed by atoms with E-state index in [-0.39, 0.29) is 0 Å². The maximum atomic E-state index is 6.27. The Morgan fingerprint density at radius 1 is 0.358 bits per heavy atom. The van der Waals surface area contributed by atoms with E-state index < -0.39 is 0 Å². The zero-order valence-corrected chi connectivity index (χ0v) is 28.4. The number of nitrogens with zero attached hydrogens (tertiary/aromatic N) is 5. The predicted molar refractivity (Wildman–Crippen MR) is 213 cm³/mol. The van der Waals surface area contributed by atoms with Crippen LogP contribution in [0.25, 0.3) is 100 Å². The average molecular weight is 680 g/mol. The Morgan fingerprint density at radius 3 is 1.83 bits per heavy atom. The van der Waals surface area contributed by atoms with Crippen LogP contribution in [0.3, 0.4) is 0 Å². The third-order valence-electron chi connectivity index (χ3n) is 9.67. The van der Waals surface area contributed by atoms with Crippen molar-refractivity contribution in [3.63, 3.8) is 0 Å². The van der Waals surface area contributed by atoms with Crippen molar-refractivity contribution in [1.82, 2.24) is 24.9 Å². The SMILES string of the molecule is c1ccc(-c2nc(-c3cc(-c4ccc(-c5cccnc5)cc4)cc(-c4cccc5ncccc45)c3)nc(-c3ccc4c(c3)oc3ccccc34)n2)cc1. The maximum Gasteiger partial charge on any atom is 0.164 e. The molecular weight excluding hydrogens is 651 g/mol. The third-order valence-corrected chi connectivity index (χ3v) is 9.67. The van der Waals surface area contributed by atoms with Gasteiger partial charge in [0.1, 0.15) is 11.2 Å². The van der Waals surface area contributed by atoms with Gasteiger partial charge in [-0.25, -0.2) is 15.0 Å². The van der Waals surface area contributed by atoms with Crippen molar-refractivity contribution in [3.8, 4) is 67.5 Å². The van der Waals surface area contributed by atoms with Crippen molar-refractivity contribution >= 4 is 32.8 Å². The molecule has 0 saturated carbocycles. The van der Waals surface area contributed by atoms with Gasteiger partial charge in [-0.2, -0.15) is 0 Å². The van der Waals surface area contributed by atoms with Gasteiger partial charge in [-0.1, -0.05) is 103 Å². The number of para-hydroxylation sites is 1. The van der Waals surface area contributed by atoms with Gasteiger partial charge in [-0.05, 0) is 88.0 Å². The molecule has 4 aromatic heterocycles. The predicted octanol–water partition coefficient (Wildman–Crippen LogP) is 11.7. The molecule has 0 aliphatic rings. The molecule has 0 unspecified atom stereocenters. The Balaban J connectivity index is 1.17. The highest BCUT2D eigenvalue weighted by atomic mass is 16.3. The summed E-state index contributed by atoms with van der Waals surface area (Å²) < 4.78 is 6.27. The summed E-state index contributed by atoms with van der Waals surface area (Å²) >= 11 is 0. The van der Waals surface area contributed by atoms with E-state index in [9.17, 15) is 0 Å². The summed E-state index contributed by atoms with van der Waals surface area (Å²) in [6, 6.07) is 53.9. The average Bonchev–Trinajstić information content (AvgIpc) is 3.62. The number of hydrogen-bond donors (Lipinski definition) is 0. The number of furan rings is 1. The molecule has 10 rings (SSSR count). The topological polar surface area (TPSA) is 77.6 Å². The van der Waals surface area contributed by atoms with Crippen molar-refractivity contribution in [2.45, 2.75) is 0 Å². The van der Waals surface area contributed by atoms with Crippen LogP contribution in [0.1, 0.15) is 0 Å². The normalized spacial score (nSPS) is 11.4. The largest absolute Gasteiger partial charge is 0.456 e. The van der Waals surface area contributed by atoms with Crippen LogP contribution >= 0.6 is 0 Å². The van der Waals surface area contributed by atoms with Gasteiger partial charge in [0, 0.05) is 51.4 Å². The van der Waals surface area contributed by atoms with Gasteiger partial charge in [0.15, 0.2) is 17.5 Å². The highest BCUT2D eigenvalue weighted by molar-refractivity contribution is 6.05. The van der Waals surface area contributed by atoms with Crippen LogP contribution in [0.2, 0.25) is 0 Å². The Kier molecular flexibility index (Phi) is 7.36. The number of hydrogen-bond acceptors (Lipinski definition) is 6. The van der Waals surface area contributed by atoms with Crippen molar-refractivity contribution in [2.75, 3.05) is 0 Å². The standard InChI is InChI=1S/C47H29N5O/c1-2-9-32(10-3-1)45-50-46(33-21-22-41-40-12-4-5-16-43(40)53-44(41)28-33)52-47(51-45)37-26-35(31-19-17-30(18-20-31)34-11-7-23-48-29-34)25-36(27-37)38-13-6-15-42-39(38)14-8-24-49-42/h1-29H. The van der Waals surface area contributed by atoms with Gasteiger partial charge in [-0.15, -0.1) is 0 Å². The van der Waals surface area contributed by atoms with E-state index in [1.165, 1.54) is 0 Å². The molecule has 6 aromatic carbocycles. The van der Waals surface area contributed by atoms with Crippen LogP contribution in [0.4, 0.5) is 0 Å². The lowest BCUT2D eigenvalue weighted by Gasteiger charge is -2.14. The Bertz CT molecular complexity index is 2930. The molecule has 4 heterocycles. The van der Waals surface area contributed by atoms with Crippen molar-refractivity contribution in [2.24, 2.45) is 0 Å². The highest BCUT2D eigenvalue weighted by Crippen LogP contribution is 2.37. The number of aromatic nitrogens is 5. The molecule has 6 nitrogen and oxygen atoms in total. The number of pyridine rings is 2. The monoisotopic (exact) mass is 679 g/mol. The third kappa shape index (κ3) is 5.69. The Hall–Kier alpha value is -7.31. The molecule has 6 heteroatoms. The summed E-state index contributed by atoms with van der Waals surface area (Å²) in [5.74, 6) is 1.74. The number of fused-ring (bicyclic) bond motifs is 4. The molecule has 0 atom stereocenters. The smallest absolute Gasteiger partial charge is 0.164 e. The first kappa shape index (κ1) is 30.5. The van der Waals surface area contributed by atoms with Crippen LogP contribution in [0.15, 0.2) is 181 Å². The molecule has 0 aliphatic heterocycles. The highest BCUT2D eigenvalue weighted by Gasteiger charge is 2.17. The fourth-order valence-corrected chi connectivity index (χ4v) is 7.04. The number of benzene rings is 6. The molecule has 0 amide bonds.